The second-order valence-electron chi connectivity index (χ2n) is 15.6. The van der Waals surface area contributed by atoms with Gasteiger partial charge >= 0.3 is 0 Å². The van der Waals surface area contributed by atoms with Gasteiger partial charge in [-0.3, -0.25) is 0 Å². The second-order valence-corrected chi connectivity index (χ2v) is 15.6. The summed E-state index contributed by atoms with van der Waals surface area (Å²) >= 11 is 0. The molecule has 0 fully saturated rings. The van der Waals surface area contributed by atoms with Gasteiger partial charge < -0.3 is 4.42 Å². The standard InChI is InChI=1S/C56H32O/c1-2-12-42(43-25-19-37-17-15-33-7-5-9-35-21-28-47(43)55(37)53(33)35)41(11-1)39-23-27-45(49(31-39)40-24-30-52-50(32-40)46-13-3-4-14-51(46)57-52)44-26-20-38-18-16-34-8-6-10-36-22-29-48(44)56(38)54(34)36/h1-32H. The third-order valence-electron chi connectivity index (χ3n) is 12.6. The first-order chi connectivity index (χ1) is 28.2. The third-order valence-corrected chi connectivity index (χ3v) is 12.6. The van der Waals surface area contributed by atoms with Crippen molar-refractivity contribution in [2.45, 2.75) is 0 Å². The van der Waals surface area contributed by atoms with Crippen LogP contribution < -0.4 is 0 Å². The predicted molar refractivity (Wildman–Crippen MR) is 243 cm³/mol. The molecule has 1 aromatic heterocycles. The minimum atomic E-state index is 0.903. The van der Waals surface area contributed by atoms with Crippen LogP contribution in [-0.4, -0.2) is 0 Å². The van der Waals surface area contributed by atoms with E-state index in [1.54, 1.807) is 0 Å². The molecule has 0 amide bonds. The van der Waals surface area contributed by atoms with Crippen LogP contribution in [0.15, 0.2) is 199 Å². The highest BCUT2D eigenvalue weighted by atomic mass is 16.3. The lowest BCUT2D eigenvalue weighted by Gasteiger charge is -2.19. The normalized spacial score (nSPS) is 12.2. The summed E-state index contributed by atoms with van der Waals surface area (Å²) in [5.74, 6) is 0. The van der Waals surface area contributed by atoms with Crippen molar-refractivity contribution >= 4 is 86.6 Å². The Morgan fingerprint density at radius 1 is 0.228 bits per heavy atom. The molecule has 0 atom stereocenters. The van der Waals surface area contributed by atoms with Gasteiger partial charge in [0.1, 0.15) is 11.2 Å². The van der Waals surface area contributed by atoms with E-state index in [4.69, 9.17) is 4.42 Å². The summed E-state index contributed by atoms with van der Waals surface area (Å²) in [7, 11) is 0. The van der Waals surface area contributed by atoms with Crippen molar-refractivity contribution in [2.75, 3.05) is 0 Å². The van der Waals surface area contributed by atoms with E-state index in [-0.39, 0.29) is 0 Å². The maximum absolute atomic E-state index is 6.32. The van der Waals surface area contributed by atoms with Gasteiger partial charge in [-0.1, -0.05) is 170 Å². The van der Waals surface area contributed by atoms with Crippen LogP contribution in [-0.2, 0) is 0 Å². The van der Waals surface area contributed by atoms with E-state index in [1.807, 2.05) is 6.07 Å². The summed E-state index contributed by atoms with van der Waals surface area (Å²) in [5.41, 5.74) is 11.5. The fraction of sp³-hybridized carbons (Fsp3) is 0. The minimum absolute atomic E-state index is 0.903. The number of benzene rings is 12. The van der Waals surface area contributed by atoms with Gasteiger partial charge in [-0.15, -0.1) is 0 Å². The highest BCUT2D eigenvalue weighted by Crippen LogP contribution is 2.46. The van der Waals surface area contributed by atoms with Crippen LogP contribution in [0.2, 0.25) is 0 Å². The van der Waals surface area contributed by atoms with Crippen LogP contribution >= 0.6 is 0 Å². The summed E-state index contributed by atoms with van der Waals surface area (Å²) in [6.07, 6.45) is 0. The van der Waals surface area contributed by atoms with Crippen molar-refractivity contribution in [3.8, 4) is 44.5 Å². The third kappa shape index (κ3) is 4.40. The van der Waals surface area contributed by atoms with Crippen LogP contribution in [0.3, 0.4) is 0 Å². The lowest BCUT2D eigenvalue weighted by Crippen LogP contribution is -1.92. The molecule has 0 aliphatic carbocycles. The molecule has 0 aliphatic heterocycles. The summed E-state index contributed by atoms with van der Waals surface area (Å²) in [5, 5.41) is 17.8. The Bertz CT molecular complexity index is 3720. The molecule has 1 heteroatoms. The van der Waals surface area contributed by atoms with Gasteiger partial charge in [-0.05, 0) is 133 Å². The van der Waals surface area contributed by atoms with Gasteiger partial charge in [-0.2, -0.15) is 0 Å². The zero-order valence-electron chi connectivity index (χ0n) is 30.9. The molecule has 57 heavy (non-hydrogen) atoms. The number of rotatable bonds is 4. The minimum Gasteiger partial charge on any atom is -0.456 e. The molecule has 0 radical (unpaired) electrons. The number of para-hydroxylation sites is 1. The number of furan rings is 1. The molecule has 1 nitrogen and oxygen atoms in total. The van der Waals surface area contributed by atoms with Gasteiger partial charge in [0.05, 0.1) is 0 Å². The Morgan fingerprint density at radius 2 is 0.684 bits per heavy atom. The van der Waals surface area contributed by atoms with Gasteiger partial charge in [0.25, 0.3) is 0 Å². The average Bonchev–Trinajstić information content (AvgIpc) is 3.65. The number of hydrogen-bond acceptors (Lipinski definition) is 1. The summed E-state index contributed by atoms with van der Waals surface area (Å²) in [4.78, 5) is 0. The largest absolute Gasteiger partial charge is 0.456 e. The maximum atomic E-state index is 6.32. The topological polar surface area (TPSA) is 13.1 Å². The molecule has 0 unspecified atom stereocenters. The molecule has 13 rings (SSSR count). The fourth-order valence-corrected chi connectivity index (χ4v) is 9.99. The van der Waals surface area contributed by atoms with Gasteiger partial charge in [0.15, 0.2) is 0 Å². The second kappa shape index (κ2) is 11.5. The van der Waals surface area contributed by atoms with Crippen LogP contribution in [0.4, 0.5) is 0 Å². The monoisotopic (exact) mass is 720 g/mol. The predicted octanol–water partition coefficient (Wildman–Crippen LogP) is 16.0. The van der Waals surface area contributed by atoms with Crippen LogP contribution in [0.5, 0.6) is 0 Å². The van der Waals surface area contributed by atoms with Crippen LogP contribution in [0.1, 0.15) is 0 Å². The fourth-order valence-electron chi connectivity index (χ4n) is 9.99. The van der Waals surface area contributed by atoms with Crippen molar-refractivity contribution in [1.29, 1.82) is 0 Å². The molecule has 0 bridgehead atoms. The number of hydrogen-bond donors (Lipinski definition) is 0. The van der Waals surface area contributed by atoms with E-state index in [0.29, 0.717) is 0 Å². The van der Waals surface area contributed by atoms with Crippen molar-refractivity contribution in [3.05, 3.63) is 194 Å². The molecule has 0 spiro atoms. The molecule has 13 aromatic rings. The zero-order chi connectivity index (χ0) is 37.2. The van der Waals surface area contributed by atoms with E-state index < -0.39 is 0 Å². The van der Waals surface area contributed by atoms with Gasteiger partial charge in [-0.25, -0.2) is 0 Å². The first-order valence-corrected chi connectivity index (χ1v) is 19.7. The Kier molecular flexibility index (Phi) is 6.23. The molecule has 0 saturated carbocycles. The quantitative estimate of drug-likeness (QED) is 0.165. The number of fused-ring (bicyclic) bond motifs is 3. The van der Waals surface area contributed by atoms with E-state index in [2.05, 4.69) is 188 Å². The first kappa shape index (κ1) is 30.8. The lowest BCUT2D eigenvalue weighted by molar-refractivity contribution is 0.669. The van der Waals surface area contributed by atoms with Crippen molar-refractivity contribution < 1.29 is 4.42 Å². The first-order valence-electron chi connectivity index (χ1n) is 19.7. The summed E-state index contributed by atoms with van der Waals surface area (Å²) in [6.45, 7) is 0. The van der Waals surface area contributed by atoms with E-state index in [9.17, 15) is 0 Å². The molecule has 0 N–H and O–H groups in total. The maximum Gasteiger partial charge on any atom is 0.135 e. The van der Waals surface area contributed by atoms with Crippen molar-refractivity contribution in [1.82, 2.24) is 0 Å². The molecule has 1 heterocycles. The lowest BCUT2D eigenvalue weighted by atomic mass is 9.84. The smallest absolute Gasteiger partial charge is 0.135 e. The molecule has 0 aliphatic rings. The Balaban J connectivity index is 1.07. The average molecular weight is 721 g/mol. The molecule has 262 valence electrons. The van der Waals surface area contributed by atoms with Crippen LogP contribution in [0.25, 0.3) is 131 Å². The van der Waals surface area contributed by atoms with Gasteiger partial charge in [0.2, 0.25) is 0 Å². The highest BCUT2D eigenvalue weighted by molar-refractivity contribution is 6.27. The van der Waals surface area contributed by atoms with Crippen molar-refractivity contribution in [3.63, 3.8) is 0 Å². The molecule has 0 saturated heterocycles. The SMILES string of the molecule is c1ccc(-c2ccc3ccc4cccc5ccc2c3c45)c(-c2ccc(-c3ccc4ccc5cccc6ccc3c4c56)c(-c3ccc4oc5ccccc5c4c3)c2)c1. The summed E-state index contributed by atoms with van der Waals surface area (Å²) < 4.78 is 6.32. The Hall–Kier alpha value is -7.48. The van der Waals surface area contributed by atoms with E-state index >= 15 is 0 Å². The Labute approximate surface area is 328 Å². The summed E-state index contributed by atoms with van der Waals surface area (Å²) in [6, 6.07) is 71.9. The van der Waals surface area contributed by atoms with Crippen LogP contribution in [0, 0.1) is 0 Å². The van der Waals surface area contributed by atoms with Gasteiger partial charge in [0, 0.05) is 10.8 Å². The molecular weight excluding hydrogens is 689 g/mol. The highest BCUT2D eigenvalue weighted by Gasteiger charge is 2.20. The molecule has 12 aromatic carbocycles. The van der Waals surface area contributed by atoms with E-state index in [0.717, 1.165) is 27.5 Å². The van der Waals surface area contributed by atoms with Crippen molar-refractivity contribution in [2.24, 2.45) is 0 Å². The van der Waals surface area contributed by atoms with E-state index in [1.165, 1.54) is 104 Å². The Morgan fingerprint density at radius 3 is 1.33 bits per heavy atom. The molecular formula is C56H32O. The zero-order valence-corrected chi connectivity index (χ0v) is 30.9.